The van der Waals surface area contributed by atoms with Gasteiger partial charge >= 0.3 is 0 Å². The summed E-state index contributed by atoms with van der Waals surface area (Å²) in [6, 6.07) is 12.6. The molecular formula is C17H13Cl2N3O2. The summed E-state index contributed by atoms with van der Waals surface area (Å²) in [5.74, 6) is 0.101. The zero-order chi connectivity index (χ0) is 16.9. The van der Waals surface area contributed by atoms with Gasteiger partial charge in [0.25, 0.3) is 5.91 Å². The lowest BCUT2D eigenvalue weighted by Crippen LogP contribution is -2.28. The van der Waals surface area contributed by atoms with E-state index in [9.17, 15) is 4.79 Å². The molecule has 122 valence electrons. The molecule has 0 bridgehead atoms. The topological polar surface area (TPSA) is 64.1 Å². The van der Waals surface area contributed by atoms with E-state index in [1.807, 2.05) is 24.3 Å². The second-order valence-electron chi connectivity index (χ2n) is 5.00. The third-order valence-corrected chi connectivity index (χ3v) is 3.92. The van der Waals surface area contributed by atoms with Crippen LogP contribution < -0.4 is 10.1 Å². The van der Waals surface area contributed by atoms with Crippen molar-refractivity contribution < 1.29 is 9.53 Å². The van der Waals surface area contributed by atoms with Crippen LogP contribution in [0.4, 0.5) is 0 Å². The number of carbonyl (C=O) groups excluding carboxylic acids is 1. The number of rotatable bonds is 5. The van der Waals surface area contributed by atoms with E-state index in [4.69, 9.17) is 27.9 Å². The van der Waals surface area contributed by atoms with Crippen LogP contribution in [0.1, 0.15) is 5.56 Å². The minimum absolute atomic E-state index is 0.147. The van der Waals surface area contributed by atoms with Crippen molar-refractivity contribution in [2.45, 2.75) is 6.54 Å². The molecule has 0 aliphatic rings. The third kappa shape index (κ3) is 3.93. The molecule has 0 spiro atoms. The Bertz CT molecular complexity index is 881. The van der Waals surface area contributed by atoms with E-state index in [-0.39, 0.29) is 12.5 Å². The maximum atomic E-state index is 12.0. The maximum absolute atomic E-state index is 12.0. The summed E-state index contributed by atoms with van der Waals surface area (Å²) in [6.07, 6.45) is 1.41. The molecule has 1 aromatic heterocycles. The summed E-state index contributed by atoms with van der Waals surface area (Å²) in [7, 11) is 0. The lowest BCUT2D eigenvalue weighted by Gasteiger charge is -2.09. The first-order chi connectivity index (χ1) is 11.6. The van der Waals surface area contributed by atoms with Gasteiger partial charge in [-0.15, -0.1) is 0 Å². The van der Waals surface area contributed by atoms with E-state index in [2.05, 4.69) is 15.3 Å². The Balaban J connectivity index is 1.59. The number of halogens is 2. The highest BCUT2D eigenvalue weighted by Gasteiger charge is 2.08. The molecule has 1 heterocycles. The Morgan fingerprint density at radius 3 is 2.79 bits per heavy atom. The molecule has 0 aliphatic heterocycles. The molecule has 2 aromatic carbocycles. The van der Waals surface area contributed by atoms with Crippen molar-refractivity contribution in [1.29, 1.82) is 0 Å². The van der Waals surface area contributed by atoms with Gasteiger partial charge in [0.2, 0.25) is 5.88 Å². The average Bonchev–Trinajstić information content (AvgIpc) is 2.59. The first kappa shape index (κ1) is 16.5. The fraction of sp³-hybridized carbons (Fsp3) is 0.118. The van der Waals surface area contributed by atoms with Crippen molar-refractivity contribution >= 4 is 40.0 Å². The molecule has 24 heavy (non-hydrogen) atoms. The van der Waals surface area contributed by atoms with Crippen LogP contribution in [0.2, 0.25) is 10.0 Å². The standard InChI is InChI=1S/C17H13Cl2N3O2/c18-12-6-5-11(14(19)7-12)8-20-16(23)9-24-17-13-3-1-2-4-15(13)21-10-22-17/h1-7,10H,8-9H2,(H,20,23). The Morgan fingerprint density at radius 2 is 1.96 bits per heavy atom. The molecule has 0 unspecified atom stereocenters. The number of aromatic nitrogens is 2. The molecule has 0 atom stereocenters. The molecule has 0 radical (unpaired) electrons. The highest BCUT2D eigenvalue weighted by molar-refractivity contribution is 6.35. The molecule has 1 amide bonds. The highest BCUT2D eigenvalue weighted by Crippen LogP contribution is 2.21. The lowest BCUT2D eigenvalue weighted by molar-refractivity contribution is -0.123. The zero-order valence-corrected chi connectivity index (χ0v) is 14.0. The summed E-state index contributed by atoms with van der Waals surface area (Å²) < 4.78 is 5.50. The SMILES string of the molecule is O=C(COc1ncnc2ccccc12)NCc1ccc(Cl)cc1Cl. The summed E-state index contributed by atoms with van der Waals surface area (Å²) in [6.45, 7) is 0.148. The number of benzene rings is 2. The zero-order valence-electron chi connectivity index (χ0n) is 12.5. The van der Waals surface area contributed by atoms with E-state index in [1.165, 1.54) is 6.33 Å². The van der Waals surface area contributed by atoms with Crippen LogP contribution in [0, 0.1) is 0 Å². The maximum Gasteiger partial charge on any atom is 0.258 e. The number of hydrogen-bond donors (Lipinski definition) is 1. The molecule has 5 nitrogen and oxygen atoms in total. The van der Waals surface area contributed by atoms with E-state index in [1.54, 1.807) is 18.2 Å². The number of hydrogen-bond acceptors (Lipinski definition) is 4. The normalized spacial score (nSPS) is 10.6. The quantitative estimate of drug-likeness (QED) is 0.753. The van der Waals surface area contributed by atoms with Crippen molar-refractivity contribution in [1.82, 2.24) is 15.3 Å². The molecule has 0 aliphatic carbocycles. The number of fused-ring (bicyclic) bond motifs is 1. The Labute approximate surface area is 148 Å². The number of amides is 1. The fourth-order valence-corrected chi connectivity index (χ4v) is 2.61. The van der Waals surface area contributed by atoms with Crippen LogP contribution in [0.15, 0.2) is 48.8 Å². The summed E-state index contributed by atoms with van der Waals surface area (Å²) in [5.41, 5.74) is 1.54. The first-order valence-electron chi connectivity index (χ1n) is 7.16. The van der Waals surface area contributed by atoms with Crippen LogP contribution in [0.3, 0.4) is 0 Å². The average molecular weight is 362 g/mol. The molecular weight excluding hydrogens is 349 g/mol. The fourth-order valence-electron chi connectivity index (χ4n) is 2.14. The van der Waals surface area contributed by atoms with E-state index >= 15 is 0 Å². The van der Waals surface area contributed by atoms with E-state index in [0.717, 1.165) is 16.5 Å². The van der Waals surface area contributed by atoms with Crippen molar-refractivity contribution in [3.8, 4) is 5.88 Å². The van der Waals surface area contributed by atoms with Crippen molar-refractivity contribution in [3.63, 3.8) is 0 Å². The Morgan fingerprint density at radius 1 is 1.12 bits per heavy atom. The minimum Gasteiger partial charge on any atom is -0.467 e. The monoisotopic (exact) mass is 361 g/mol. The summed E-state index contributed by atoms with van der Waals surface area (Å²) in [5, 5.41) is 4.56. The van der Waals surface area contributed by atoms with Crippen LogP contribution in [0.5, 0.6) is 5.88 Å². The molecule has 3 aromatic rings. The highest BCUT2D eigenvalue weighted by atomic mass is 35.5. The predicted molar refractivity (Wildman–Crippen MR) is 93.3 cm³/mol. The number of para-hydroxylation sites is 1. The molecule has 1 N–H and O–H groups in total. The predicted octanol–water partition coefficient (Wildman–Crippen LogP) is 3.63. The van der Waals surface area contributed by atoms with Crippen molar-refractivity contribution in [3.05, 3.63) is 64.4 Å². The van der Waals surface area contributed by atoms with Gasteiger partial charge in [0.15, 0.2) is 6.61 Å². The lowest BCUT2D eigenvalue weighted by atomic mass is 10.2. The van der Waals surface area contributed by atoms with E-state index < -0.39 is 0 Å². The second kappa shape index (κ2) is 7.47. The van der Waals surface area contributed by atoms with Gasteiger partial charge in [0, 0.05) is 16.6 Å². The molecule has 7 heteroatoms. The number of ether oxygens (including phenoxy) is 1. The molecule has 0 saturated heterocycles. The minimum atomic E-state index is -0.274. The second-order valence-corrected chi connectivity index (χ2v) is 5.84. The van der Waals surface area contributed by atoms with Gasteiger partial charge in [0.05, 0.1) is 10.9 Å². The van der Waals surface area contributed by atoms with Crippen molar-refractivity contribution in [2.75, 3.05) is 6.61 Å². The van der Waals surface area contributed by atoms with Crippen LogP contribution >= 0.6 is 23.2 Å². The van der Waals surface area contributed by atoms with Crippen molar-refractivity contribution in [2.24, 2.45) is 0 Å². The van der Waals surface area contributed by atoms with Gasteiger partial charge < -0.3 is 10.1 Å². The molecule has 0 saturated carbocycles. The van der Waals surface area contributed by atoms with E-state index in [0.29, 0.717) is 22.5 Å². The van der Waals surface area contributed by atoms with Gasteiger partial charge in [-0.25, -0.2) is 9.97 Å². The van der Waals surface area contributed by atoms with Gasteiger partial charge in [-0.3, -0.25) is 4.79 Å². The summed E-state index contributed by atoms with van der Waals surface area (Å²) >= 11 is 11.9. The number of nitrogens with zero attached hydrogens (tertiary/aromatic N) is 2. The van der Waals surface area contributed by atoms with Crippen LogP contribution in [-0.4, -0.2) is 22.5 Å². The van der Waals surface area contributed by atoms with Gasteiger partial charge in [-0.1, -0.05) is 41.4 Å². The largest absolute Gasteiger partial charge is 0.467 e. The third-order valence-electron chi connectivity index (χ3n) is 3.34. The molecule has 3 rings (SSSR count). The van der Waals surface area contributed by atoms with Gasteiger partial charge in [0.1, 0.15) is 6.33 Å². The first-order valence-corrected chi connectivity index (χ1v) is 7.92. The number of nitrogens with one attached hydrogen (secondary N) is 1. The Kier molecular flexibility index (Phi) is 5.13. The van der Waals surface area contributed by atoms with Gasteiger partial charge in [-0.05, 0) is 29.8 Å². The Hall–Kier alpha value is -2.37. The van der Waals surface area contributed by atoms with Gasteiger partial charge in [-0.2, -0.15) is 0 Å². The number of carbonyl (C=O) groups is 1. The molecule has 0 fully saturated rings. The van der Waals surface area contributed by atoms with Crippen LogP contribution in [-0.2, 0) is 11.3 Å². The smallest absolute Gasteiger partial charge is 0.258 e. The summed E-state index contributed by atoms with van der Waals surface area (Å²) in [4.78, 5) is 20.2. The van der Waals surface area contributed by atoms with Crippen LogP contribution in [0.25, 0.3) is 10.9 Å².